The van der Waals surface area contributed by atoms with Gasteiger partial charge in [-0.2, -0.15) is 0 Å². The highest BCUT2D eigenvalue weighted by Gasteiger charge is 2.42. The number of hydrogen-bond acceptors (Lipinski definition) is 3. The van der Waals surface area contributed by atoms with Crippen molar-refractivity contribution in [2.24, 2.45) is 4.99 Å². The van der Waals surface area contributed by atoms with Gasteiger partial charge in [0.25, 0.3) is 0 Å². The zero-order valence-electron chi connectivity index (χ0n) is 17.2. The fraction of sp³-hybridized carbons (Fsp3) is 0.381. The molecule has 0 saturated heterocycles. The first-order chi connectivity index (χ1) is 14.2. The van der Waals surface area contributed by atoms with Gasteiger partial charge in [0, 0.05) is 30.3 Å². The average Bonchev–Trinajstić information content (AvgIpc) is 3.39. The van der Waals surface area contributed by atoms with Crippen molar-refractivity contribution in [3.63, 3.8) is 0 Å². The van der Waals surface area contributed by atoms with Crippen LogP contribution in [0.4, 0.5) is 13.2 Å². The summed E-state index contributed by atoms with van der Waals surface area (Å²) in [5.74, 6) is -1.72. The summed E-state index contributed by atoms with van der Waals surface area (Å²) >= 11 is 0. The lowest BCUT2D eigenvalue weighted by molar-refractivity contribution is 0.553. The molecule has 2 unspecified atom stereocenters. The minimum Gasteiger partial charge on any atom is -0.357 e. The van der Waals surface area contributed by atoms with E-state index in [2.05, 4.69) is 15.6 Å². The highest BCUT2D eigenvalue weighted by atomic mass is 127. The van der Waals surface area contributed by atoms with Crippen LogP contribution in [0.2, 0.25) is 0 Å². The van der Waals surface area contributed by atoms with Gasteiger partial charge in [-0.15, -0.1) is 24.0 Å². The Hall–Kier alpha value is -1.82. The van der Waals surface area contributed by atoms with E-state index in [1.165, 1.54) is 36.4 Å². The van der Waals surface area contributed by atoms with E-state index >= 15 is 0 Å². The number of benzene rings is 2. The Kier molecular flexibility index (Phi) is 8.75. The molecule has 10 heteroatoms. The van der Waals surface area contributed by atoms with E-state index in [0.29, 0.717) is 30.1 Å². The maximum absolute atomic E-state index is 14.0. The maximum Gasteiger partial charge on any atom is 0.191 e. The predicted molar refractivity (Wildman–Crippen MR) is 126 cm³/mol. The van der Waals surface area contributed by atoms with Crippen LogP contribution < -0.4 is 10.6 Å². The van der Waals surface area contributed by atoms with Crippen LogP contribution in [-0.2, 0) is 22.1 Å². The van der Waals surface area contributed by atoms with E-state index in [-0.39, 0.29) is 53.8 Å². The Morgan fingerprint density at radius 2 is 1.81 bits per heavy atom. The quantitative estimate of drug-likeness (QED) is 0.303. The molecule has 0 bridgehead atoms. The van der Waals surface area contributed by atoms with E-state index < -0.39 is 27.3 Å². The number of rotatable bonds is 7. The Balaban J connectivity index is 0.00000341. The van der Waals surface area contributed by atoms with Gasteiger partial charge in [-0.05, 0) is 48.7 Å². The fourth-order valence-electron chi connectivity index (χ4n) is 3.36. The summed E-state index contributed by atoms with van der Waals surface area (Å²) in [7, 11) is -3.29. The van der Waals surface area contributed by atoms with Crippen LogP contribution in [0.3, 0.4) is 0 Å². The van der Waals surface area contributed by atoms with Gasteiger partial charge in [0.2, 0.25) is 0 Å². The normalized spacial score (nSPS) is 18.3. The lowest BCUT2D eigenvalue weighted by atomic mass is 10.1. The third-order valence-corrected chi connectivity index (χ3v) is 5.66. The molecule has 0 spiro atoms. The number of nitrogens with one attached hydrogen (secondary N) is 2. The summed E-state index contributed by atoms with van der Waals surface area (Å²) in [6.45, 7) is 2.48. The largest absolute Gasteiger partial charge is 0.357 e. The summed E-state index contributed by atoms with van der Waals surface area (Å²) in [5, 5.41) is 6.19. The van der Waals surface area contributed by atoms with Crippen LogP contribution in [0.5, 0.6) is 0 Å². The minimum atomic E-state index is -3.29. The molecule has 0 heterocycles. The smallest absolute Gasteiger partial charge is 0.191 e. The third kappa shape index (κ3) is 7.09. The predicted octanol–water partition coefficient (Wildman–Crippen LogP) is 3.88. The summed E-state index contributed by atoms with van der Waals surface area (Å²) in [4.78, 5) is 4.41. The topological polar surface area (TPSA) is 70.6 Å². The van der Waals surface area contributed by atoms with Crippen LogP contribution in [0, 0.1) is 17.5 Å². The first-order valence-corrected chi connectivity index (χ1v) is 11.7. The van der Waals surface area contributed by atoms with Gasteiger partial charge in [-0.1, -0.05) is 12.1 Å². The Labute approximate surface area is 197 Å². The molecule has 3 rings (SSSR count). The second-order valence-corrected chi connectivity index (χ2v) is 9.55. The monoisotopic (exact) mass is 567 g/mol. The van der Waals surface area contributed by atoms with E-state index in [0.717, 1.165) is 6.26 Å². The van der Waals surface area contributed by atoms with Gasteiger partial charge in [0.15, 0.2) is 15.8 Å². The molecule has 1 aliphatic rings. The molecule has 1 saturated carbocycles. The summed E-state index contributed by atoms with van der Waals surface area (Å²) < 4.78 is 64.9. The van der Waals surface area contributed by atoms with Crippen molar-refractivity contribution < 1.29 is 21.6 Å². The van der Waals surface area contributed by atoms with Gasteiger partial charge < -0.3 is 10.6 Å². The van der Waals surface area contributed by atoms with Crippen LogP contribution in [-0.4, -0.2) is 33.2 Å². The molecular weight excluding hydrogens is 542 g/mol. The van der Waals surface area contributed by atoms with Gasteiger partial charge in [0.1, 0.15) is 17.5 Å². The molecule has 1 fully saturated rings. The molecule has 5 nitrogen and oxygen atoms in total. The molecule has 170 valence electrons. The zero-order chi connectivity index (χ0) is 21.9. The first kappa shape index (κ1) is 25.4. The number of guanidine groups is 1. The maximum atomic E-state index is 14.0. The zero-order valence-corrected chi connectivity index (χ0v) is 20.3. The molecule has 31 heavy (non-hydrogen) atoms. The summed E-state index contributed by atoms with van der Waals surface area (Å²) in [5.41, 5.74) is 1.01. The molecule has 0 aromatic heterocycles. The number of nitrogens with zero attached hydrogens (tertiary/aromatic N) is 1. The van der Waals surface area contributed by atoms with Crippen molar-refractivity contribution in [3.05, 3.63) is 70.5 Å². The number of sulfone groups is 1. The molecule has 2 aromatic rings. The molecule has 0 radical (unpaired) electrons. The van der Waals surface area contributed by atoms with Gasteiger partial charge in [-0.3, -0.25) is 0 Å². The summed E-state index contributed by atoms with van der Waals surface area (Å²) in [6, 6.07) is 7.55. The van der Waals surface area contributed by atoms with Gasteiger partial charge in [-0.25, -0.2) is 26.6 Å². The second-order valence-electron chi connectivity index (χ2n) is 7.41. The number of halogens is 4. The van der Waals surface area contributed by atoms with Crippen molar-refractivity contribution in [2.45, 2.75) is 37.6 Å². The first-order valence-electron chi connectivity index (χ1n) is 9.61. The van der Waals surface area contributed by atoms with Crippen molar-refractivity contribution in [1.82, 2.24) is 10.6 Å². The Bertz CT molecular complexity index is 1040. The van der Waals surface area contributed by atoms with Crippen LogP contribution in [0.25, 0.3) is 0 Å². The SMILES string of the molecule is CCNC(=NCc1cc(F)ccc1CS(C)(=O)=O)NC1CC1c1c(F)cccc1F.I. The molecule has 2 aromatic carbocycles. The lowest BCUT2D eigenvalue weighted by Gasteiger charge is -2.13. The molecule has 1 aliphatic carbocycles. The van der Waals surface area contributed by atoms with E-state index in [1.807, 2.05) is 6.92 Å². The third-order valence-electron chi connectivity index (χ3n) is 4.82. The van der Waals surface area contributed by atoms with Crippen LogP contribution in [0.15, 0.2) is 41.4 Å². The Morgan fingerprint density at radius 3 is 2.42 bits per heavy atom. The van der Waals surface area contributed by atoms with E-state index in [9.17, 15) is 21.6 Å². The van der Waals surface area contributed by atoms with Crippen molar-refractivity contribution in [2.75, 3.05) is 12.8 Å². The molecular formula is C21H25F3IN3O2S. The Morgan fingerprint density at radius 1 is 1.13 bits per heavy atom. The van der Waals surface area contributed by atoms with Crippen LogP contribution >= 0.6 is 24.0 Å². The van der Waals surface area contributed by atoms with Crippen LogP contribution in [0.1, 0.15) is 36.0 Å². The standard InChI is InChI=1S/C21H24F3N3O2S.HI/c1-3-25-21(27-19-10-16(19)20-17(23)5-4-6-18(20)24)26-11-14-9-15(22)8-7-13(14)12-30(2,28)29;/h4-9,16,19H,3,10-12H2,1-2H3,(H2,25,26,27);1H. The van der Waals surface area contributed by atoms with Crippen molar-refractivity contribution in [3.8, 4) is 0 Å². The van der Waals surface area contributed by atoms with Gasteiger partial charge in [0.05, 0.1) is 12.3 Å². The number of aliphatic imine (C=N–C) groups is 1. The fourth-order valence-corrected chi connectivity index (χ4v) is 4.21. The molecule has 0 aliphatic heterocycles. The number of hydrogen-bond donors (Lipinski definition) is 2. The molecule has 0 amide bonds. The molecule has 2 N–H and O–H groups in total. The highest BCUT2D eigenvalue weighted by molar-refractivity contribution is 14.0. The van der Waals surface area contributed by atoms with Crippen molar-refractivity contribution >= 4 is 39.8 Å². The molecule has 2 atom stereocenters. The second kappa shape index (κ2) is 10.7. The lowest BCUT2D eigenvalue weighted by Crippen LogP contribution is -2.39. The van der Waals surface area contributed by atoms with Gasteiger partial charge >= 0.3 is 0 Å². The highest BCUT2D eigenvalue weighted by Crippen LogP contribution is 2.43. The average molecular weight is 567 g/mol. The van der Waals surface area contributed by atoms with E-state index in [4.69, 9.17) is 0 Å². The minimum absolute atomic E-state index is 0. The van der Waals surface area contributed by atoms with Crippen molar-refractivity contribution in [1.29, 1.82) is 0 Å². The van der Waals surface area contributed by atoms with E-state index in [1.54, 1.807) is 0 Å². The summed E-state index contributed by atoms with van der Waals surface area (Å²) in [6.07, 6.45) is 1.67.